The quantitative estimate of drug-likeness (QED) is 0.653. The van der Waals surface area contributed by atoms with Crippen LogP contribution in [0.3, 0.4) is 0 Å². The third-order valence-electron chi connectivity index (χ3n) is 6.05. The van der Waals surface area contributed by atoms with Crippen LogP contribution in [0.5, 0.6) is 0 Å². The maximum atomic E-state index is 12.9. The predicted octanol–water partition coefficient (Wildman–Crippen LogP) is 3.92. The molecule has 7 heteroatoms. The Balaban J connectivity index is 1.28. The van der Waals surface area contributed by atoms with E-state index in [9.17, 15) is 9.59 Å². The highest BCUT2D eigenvalue weighted by atomic mass is 35.5. The van der Waals surface area contributed by atoms with Gasteiger partial charge in [-0.05, 0) is 33.9 Å². The summed E-state index contributed by atoms with van der Waals surface area (Å²) in [6, 6.07) is 18.1. The molecule has 1 aliphatic carbocycles. The van der Waals surface area contributed by atoms with Crippen molar-refractivity contribution in [2.24, 2.45) is 0 Å². The second-order valence-electron chi connectivity index (χ2n) is 7.87. The number of aromatic amines is 1. The molecule has 1 fully saturated rings. The topological polar surface area (TPSA) is 74.4 Å². The zero-order valence-electron chi connectivity index (χ0n) is 16.8. The van der Waals surface area contributed by atoms with Gasteiger partial charge in [-0.2, -0.15) is 0 Å². The third kappa shape index (κ3) is 3.73. The number of H-pyrrole nitrogens is 1. The molecule has 1 aliphatic heterocycles. The molecule has 2 aliphatic rings. The lowest BCUT2D eigenvalue weighted by Crippen LogP contribution is -2.48. The zero-order valence-corrected chi connectivity index (χ0v) is 17.6. The Kier molecular flexibility index (Phi) is 5.26. The van der Waals surface area contributed by atoms with Gasteiger partial charge in [0, 0.05) is 31.7 Å². The molecule has 2 heterocycles. The molecule has 1 amide bonds. The van der Waals surface area contributed by atoms with E-state index in [1.165, 1.54) is 22.3 Å². The van der Waals surface area contributed by atoms with Crippen LogP contribution in [0.25, 0.3) is 11.1 Å². The number of fused-ring (bicyclic) bond motifs is 3. The largest absolute Gasteiger partial charge is 0.448 e. The average Bonchev–Trinajstić information content (AvgIpc) is 3.13. The highest BCUT2D eigenvalue weighted by Crippen LogP contribution is 2.44. The van der Waals surface area contributed by atoms with Crippen LogP contribution >= 0.6 is 11.6 Å². The number of hydrogen-bond donors (Lipinski definition) is 2. The first-order valence-electron chi connectivity index (χ1n) is 10.3. The number of nitrogens with zero attached hydrogens (tertiary/aromatic N) is 1. The van der Waals surface area contributed by atoms with Gasteiger partial charge in [-0.25, -0.2) is 4.79 Å². The number of halogens is 1. The average molecular weight is 436 g/mol. The molecule has 1 unspecified atom stereocenters. The van der Waals surface area contributed by atoms with Gasteiger partial charge in [-0.1, -0.05) is 60.1 Å². The number of carbonyl (C=O) groups excluding carboxylic acids is 1. The van der Waals surface area contributed by atoms with Crippen molar-refractivity contribution in [3.8, 4) is 11.1 Å². The Bertz CT molecular complexity index is 1150. The summed E-state index contributed by atoms with van der Waals surface area (Å²) in [5.41, 5.74) is 5.30. The Morgan fingerprint density at radius 2 is 1.77 bits per heavy atom. The Morgan fingerprint density at radius 3 is 2.45 bits per heavy atom. The van der Waals surface area contributed by atoms with E-state index in [0.717, 1.165) is 5.56 Å². The summed E-state index contributed by atoms with van der Waals surface area (Å²) >= 11 is 5.96. The van der Waals surface area contributed by atoms with Crippen LogP contribution < -0.4 is 10.9 Å². The van der Waals surface area contributed by atoms with E-state index in [4.69, 9.17) is 16.3 Å². The third-order valence-corrected chi connectivity index (χ3v) is 6.33. The summed E-state index contributed by atoms with van der Waals surface area (Å²) in [4.78, 5) is 28.7. The fourth-order valence-corrected chi connectivity index (χ4v) is 4.68. The van der Waals surface area contributed by atoms with Crippen molar-refractivity contribution in [3.63, 3.8) is 0 Å². The van der Waals surface area contributed by atoms with Crippen LogP contribution in [0.1, 0.15) is 28.7 Å². The fraction of sp³-hybridized carbons (Fsp3) is 0.250. The summed E-state index contributed by atoms with van der Waals surface area (Å²) in [6.45, 7) is 1.93. The molecule has 6 nitrogen and oxygen atoms in total. The molecule has 31 heavy (non-hydrogen) atoms. The van der Waals surface area contributed by atoms with Crippen LogP contribution in [-0.2, 0) is 4.74 Å². The van der Waals surface area contributed by atoms with E-state index in [-0.39, 0.29) is 28.6 Å². The number of piperazine rings is 1. The molecule has 0 radical (unpaired) electrons. The minimum atomic E-state index is -0.330. The maximum absolute atomic E-state index is 12.9. The standard InChI is InChI=1S/C24H22ClN3O3/c25-21-11-15(12-27-23(21)29)22-13-28(10-9-26-22)24(30)31-14-20-18-7-3-1-5-16(18)17-6-2-4-8-19(17)20/h1-8,11-12,20,22,26H,9-10,13-14H2,(H,27,29). The number of aromatic nitrogens is 1. The Labute approximate surface area is 184 Å². The highest BCUT2D eigenvalue weighted by molar-refractivity contribution is 6.30. The maximum Gasteiger partial charge on any atom is 0.409 e. The molecule has 1 atom stereocenters. The van der Waals surface area contributed by atoms with Crippen LogP contribution in [0.4, 0.5) is 4.79 Å². The number of nitrogens with one attached hydrogen (secondary N) is 2. The van der Waals surface area contributed by atoms with Crippen molar-refractivity contribution in [2.75, 3.05) is 26.2 Å². The van der Waals surface area contributed by atoms with Gasteiger partial charge < -0.3 is 19.9 Å². The predicted molar refractivity (Wildman–Crippen MR) is 119 cm³/mol. The van der Waals surface area contributed by atoms with E-state index < -0.39 is 0 Å². The number of rotatable bonds is 3. The molecular weight excluding hydrogens is 414 g/mol. The van der Waals surface area contributed by atoms with Gasteiger partial charge in [0.05, 0.1) is 6.04 Å². The first-order chi connectivity index (χ1) is 15.1. The number of amides is 1. The summed E-state index contributed by atoms with van der Waals surface area (Å²) in [5.74, 6) is 0.0352. The number of pyridine rings is 1. The van der Waals surface area contributed by atoms with Crippen molar-refractivity contribution < 1.29 is 9.53 Å². The lowest BCUT2D eigenvalue weighted by atomic mass is 9.98. The lowest BCUT2D eigenvalue weighted by molar-refractivity contribution is 0.0883. The van der Waals surface area contributed by atoms with Gasteiger partial charge >= 0.3 is 6.09 Å². The number of ether oxygens (including phenoxy) is 1. The van der Waals surface area contributed by atoms with Gasteiger partial charge in [0.25, 0.3) is 5.56 Å². The minimum absolute atomic E-state index is 0.0352. The van der Waals surface area contributed by atoms with Crippen LogP contribution in [0.2, 0.25) is 5.02 Å². The van der Waals surface area contributed by atoms with Gasteiger partial charge in [0.15, 0.2) is 0 Å². The molecule has 1 saturated heterocycles. The highest BCUT2D eigenvalue weighted by Gasteiger charge is 2.31. The molecule has 0 spiro atoms. The Morgan fingerprint density at radius 1 is 1.10 bits per heavy atom. The normalized spacial score (nSPS) is 17.8. The molecule has 0 saturated carbocycles. The first-order valence-corrected chi connectivity index (χ1v) is 10.7. The SMILES string of the molecule is O=C(OCC1c2ccccc2-c2ccccc21)N1CCNC(c2c[nH]c(=O)c(Cl)c2)C1. The number of hydrogen-bond acceptors (Lipinski definition) is 4. The molecule has 158 valence electrons. The second-order valence-corrected chi connectivity index (χ2v) is 8.27. The van der Waals surface area contributed by atoms with Crippen LogP contribution in [0, 0.1) is 0 Å². The van der Waals surface area contributed by atoms with E-state index >= 15 is 0 Å². The van der Waals surface area contributed by atoms with Crippen molar-refractivity contribution in [1.29, 1.82) is 0 Å². The Hall–Kier alpha value is -3.09. The van der Waals surface area contributed by atoms with Gasteiger partial charge in [0.1, 0.15) is 11.6 Å². The number of benzene rings is 2. The molecular formula is C24H22ClN3O3. The van der Waals surface area contributed by atoms with Gasteiger partial charge in [0.2, 0.25) is 0 Å². The van der Waals surface area contributed by atoms with E-state index in [1.807, 2.05) is 24.3 Å². The zero-order chi connectivity index (χ0) is 21.4. The van der Waals surface area contributed by atoms with Crippen molar-refractivity contribution in [1.82, 2.24) is 15.2 Å². The van der Waals surface area contributed by atoms with Crippen molar-refractivity contribution in [2.45, 2.75) is 12.0 Å². The molecule has 2 aromatic carbocycles. The molecule has 3 aromatic rings. The van der Waals surface area contributed by atoms with Gasteiger partial charge in [-0.15, -0.1) is 0 Å². The molecule has 0 bridgehead atoms. The number of carbonyl (C=O) groups is 1. The summed E-state index contributed by atoms with van der Waals surface area (Å²) < 4.78 is 5.78. The summed E-state index contributed by atoms with van der Waals surface area (Å²) in [7, 11) is 0. The smallest absolute Gasteiger partial charge is 0.409 e. The lowest BCUT2D eigenvalue weighted by Gasteiger charge is -2.33. The van der Waals surface area contributed by atoms with Crippen LogP contribution in [-0.4, -0.2) is 42.2 Å². The molecule has 1 aromatic heterocycles. The van der Waals surface area contributed by atoms with Crippen molar-refractivity contribution in [3.05, 3.63) is 92.9 Å². The van der Waals surface area contributed by atoms with Gasteiger partial charge in [-0.3, -0.25) is 4.79 Å². The van der Waals surface area contributed by atoms with Crippen molar-refractivity contribution >= 4 is 17.7 Å². The van der Waals surface area contributed by atoms with E-state index in [2.05, 4.69) is 34.6 Å². The summed E-state index contributed by atoms with van der Waals surface area (Å²) in [6.07, 6.45) is 1.30. The molecule has 2 N–H and O–H groups in total. The molecule has 5 rings (SSSR count). The summed E-state index contributed by atoms with van der Waals surface area (Å²) in [5, 5.41) is 3.50. The minimum Gasteiger partial charge on any atom is -0.448 e. The second kappa shape index (κ2) is 8.21. The monoisotopic (exact) mass is 435 g/mol. The van der Waals surface area contributed by atoms with E-state index in [1.54, 1.807) is 17.2 Å². The fourth-order valence-electron chi connectivity index (χ4n) is 4.50. The first kappa shape index (κ1) is 19.8. The van der Waals surface area contributed by atoms with E-state index in [0.29, 0.717) is 26.2 Å². The van der Waals surface area contributed by atoms with Crippen LogP contribution in [0.15, 0.2) is 65.6 Å².